The lowest BCUT2D eigenvalue weighted by atomic mass is 10.1. The Morgan fingerprint density at radius 2 is 2.43 bits per heavy atom. The van der Waals surface area contributed by atoms with Crippen molar-refractivity contribution in [3.05, 3.63) is 35.9 Å². The van der Waals surface area contributed by atoms with Gasteiger partial charge in [0.15, 0.2) is 5.75 Å². The van der Waals surface area contributed by atoms with E-state index in [1.54, 1.807) is 29.3 Å². The van der Waals surface area contributed by atoms with Gasteiger partial charge < -0.3 is 19.8 Å². The fraction of sp³-hybridized carbons (Fsp3) is 0.429. The lowest BCUT2D eigenvalue weighted by Gasteiger charge is -2.19. The predicted molar refractivity (Wildman–Crippen MR) is 75.2 cm³/mol. The second kappa shape index (κ2) is 5.61. The number of aryl methyl sites for hydroxylation is 2. The average Bonchev–Trinajstić information content (AvgIpc) is 3.14. The molecule has 21 heavy (non-hydrogen) atoms. The maximum absolute atomic E-state index is 12.2. The normalized spacial score (nSPS) is 21.4. The van der Waals surface area contributed by atoms with Crippen LogP contribution in [-0.4, -0.2) is 46.0 Å². The maximum atomic E-state index is 12.2. The molecule has 3 rings (SSSR count). The number of ether oxygens (including phenoxy) is 2. The predicted octanol–water partition coefficient (Wildman–Crippen LogP) is 0.633. The first-order valence-corrected chi connectivity index (χ1v) is 6.81. The summed E-state index contributed by atoms with van der Waals surface area (Å²) in [5.74, 6) is 0.550. The van der Waals surface area contributed by atoms with E-state index in [9.17, 15) is 4.79 Å². The van der Waals surface area contributed by atoms with Gasteiger partial charge in [-0.3, -0.25) is 9.48 Å². The zero-order chi connectivity index (χ0) is 14.8. The lowest BCUT2D eigenvalue weighted by molar-refractivity contribution is 0.0903. The van der Waals surface area contributed by atoms with Crippen LogP contribution in [0.25, 0.3) is 0 Å². The standard InChI is InChI=1S/C14H18N4O3/c1-9-11(3-4-15-9)14(19)17-12-7-20-8-13(12)21-10-5-16-18(2)6-10/h3-6,12-13,15H,7-8H2,1-2H3,(H,17,19)/t12-,13+/m0/s1. The van der Waals surface area contributed by atoms with Crippen molar-refractivity contribution in [3.63, 3.8) is 0 Å². The van der Waals surface area contributed by atoms with Crippen molar-refractivity contribution in [2.24, 2.45) is 7.05 Å². The number of rotatable bonds is 4. The minimum atomic E-state index is -0.211. The molecule has 7 heteroatoms. The van der Waals surface area contributed by atoms with Crippen LogP contribution in [0.5, 0.6) is 5.75 Å². The molecule has 0 bridgehead atoms. The van der Waals surface area contributed by atoms with Gasteiger partial charge in [0.05, 0.1) is 37.2 Å². The Hall–Kier alpha value is -2.28. The smallest absolute Gasteiger partial charge is 0.253 e. The molecule has 1 aliphatic heterocycles. The first-order valence-electron chi connectivity index (χ1n) is 6.81. The van der Waals surface area contributed by atoms with E-state index in [1.165, 1.54) is 0 Å². The molecule has 1 aliphatic rings. The summed E-state index contributed by atoms with van der Waals surface area (Å²) in [5, 5.41) is 7.02. The molecule has 0 aliphatic carbocycles. The number of nitrogens with zero attached hydrogens (tertiary/aromatic N) is 2. The third-order valence-electron chi connectivity index (χ3n) is 3.51. The van der Waals surface area contributed by atoms with Gasteiger partial charge in [-0.15, -0.1) is 0 Å². The number of amides is 1. The molecule has 2 atom stereocenters. The third-order valence-corrected chi connectivity index (χ3v) is 3.51. The molecule has 0 saturated carbocycles. The van der Waals surface area contributed by atoms with Crippen LogP contribution in [0, 0.1) is 6.92 Å². The van der Waals surface area contributed by atoms with Crippen molar-refractivity contribution in [1.29, 1.82) is 0 Å². The van der Waals surface area contributed by atoms with Gasteiger partial charge in [-0.2, -0.15) is 5.10 Å². The van der Waals surface area contributed by atoms with Crippen molar-refractivity contribution < 1.29 is 14.3 Å². The summed E-state index contributed by atoms with van der Waals surface area (Å²) in [6, 6.07) is 1.59. The van der Waals surface area contributed by atoms with Crippen molar-refractivity contribution in [2.75, 3.05) is 13.2 Å². The zero-order valence-electron chi connectivity index (χ0n) is 12.0. The van der Waals surface area contributed by atoms with E-state index < -0.39 is 0 Å². The largest absolute Gasteiger partial charge is 0.482 e. The molecule has 3 heterocycles. The second-order valence-corrected chi connectivity index (χ2v) is 5.14. The van der Waals surface area contributed by atoms with E-state index in [2.05, 4.69) is 15.4 Å². The van der Waals surface area contributed by atoms with E-state index in [1.807, 2.05) is 14.0 Å². The summed E-state index contributed by atoms with van der Waals surface area (Å²) in [7, 11) is 1.83. The summed E-state index contributed by atoms with van der Waals surface area (Å²) in [4.78, 5) is 15.2. The molecule has 0 aromatic carbocycles. The highest BCUT2D eigenvalue weighted by Gasteiger charge is 2.32. The highest BCUT2D eigenvalue weighted by atomic mass is 16.5. The van der Waals surface area contributed by atoms with Crippen LogP contribution >= 0.6 is 0 Å². The molecule has 1 saturated heterocycles. The van der Waals surface area contributed by atoms with Gasteiger partial charge in [0, 0.05) is 18.9 Å². The number of carbonyl (C=O) groups is 1. The molecule has 7 nitrogen and oxygen atoms in total. The summed E-state index contributed by atoms with van der Waals surface area (Å²) in [6.07, 6.45) is 4.97. The number of carbonyl (C=O) groups excluding carboxylic acids is 1. The Kier molecular flexibility index (Phi) is 3.66. The molecule has 112 valence electrons. The van der Waals surface area contributed by atoms with E-state index in [-0.39, 0.29) is 18.1 Å². The fourth-order valence-electron chi connectivity index (χ4n) is 2.36. The Balaban J connectivity index is 1.64. The van der Waals surface area contributed by atoms with Crippen molar-refractivity contribution in [2.45, 2.75) is 19.1 Å². The summed E-state index contributed by atoms with van der Waals surface area (Å²) < 4.78 is 12.9. The van der Waals surface area contributed by atoms with Crippen LogP contribution < -0.4 is 10.1 Å². The van der Waals surface area contributed by atoms with Gasteiger partial charge in [-0.1, -0.05) is 0 Å². The second-order valence-electron chi connectivity index (χ2n) is 5.14. The van der Waals surface area contributed by atoms with Gasteiger partial charge in [-0.25, -0.2) is 0 Å². The van der Waals surface area contributed by atoms with Crippen LogP contribution in [0.2, 0.25) is 0 Å². The quantitative estimate of drug-likeness (QED) is 0.865. The number of aromatic amines is 1. The number of nitrogens with one attached hydrogen (secondary N) is 2. The third kappa shape index (κ3) is 2.92. The number of H-pyrrole nitrogens is 1. The fourth-order valence-corrected chi connectivity index (χ4v) is 2.36. The molecule has 0 radical (unpaired) electrons. The van der Waals surface area contributed by atoms with Crippen LogP contribution in [0.1, 0.15) is 16.1 Å². The molecule has 0 spiro atoms. The minimum Gasteiger partial charge on any atom is -0.482 e. The molecule has 2 N–H and O–H groups in total. The van der Waals surface area contributed by atoms with Crippen molar-refractivity contribution in [3.8, 4) is 5.75 Å². The van der Waals surface area contributed by atoms with Gasteiger partial charge in [0.1, 0.15) is 6.10 Å². The van der Waals surface area contributed by atoms with E-state index >= 15 is 0 Å². The van der Waals surface area contributed by atoms with Crippen LogP contribution in [0.3, 0.4) is 0 Å². The highest BCUT2D eigenvalue weighted by molar-refractivity contribution is 5.95. The van der Waals surface area contributed by atoms with Gasteiger partial charge in [0.2, 0.25) is 0 Å². The molecule has 1 amide bonds. The topological polar surface area (TPSA) is 81.2 Å². The van der Waals surface area contributed by atoms with Gasteiger partial charge >= 0.3 is 0 Å². The summed E-state index contributed by atoms with van der Waals surface area (Å²) in [6.45, 7) is 2.76. The first kappa shape index (κ1) is 13.7. The van der Waals surface area contributed by atoms with Crippen LogP contribution in [0.15, 0.2) is 24.7 Å². The van der Waals surface area contributed by atoms with E-state index in [0.29, 0.717) is 24.5 Å². The van der Waals surface area contributed by atoms with Gasteiger partial charge in [-0.05, 0) is 13.0 Å². The number of hydrogen-bond donors (Lipinski definition) is 2. The number of aromatic nitrogens is 3. The summed E-state index contributed by atoms with van der Waals surface area (Å²) >= 11 is 0. The van der Waals surface area contributed by atoms with Crippen LogP contribution in [-0.2, 0) is 11.8 Å². The molecule has 0 unspecified atom stereocenters. The SMILES string of the molecule is Cc1[nH]ccc1C(=O)N[C@H]1COC[C@H]1Oc1cnn(C)c1. The van der Waals surface area contributed by atoms with Gasteiger partial charge in [0.25, 0.3) is 5.91 Å². The van der Waals surface area contributed by atoms with Crippen molar-refractivity contribution in [1.82, 2.24) is 20.1 Å². The first-order chi connectivity index (χ1) is 10.1. The molecular weight excluding hydrogens is 272 g/mol. The maximum Gasteiger partial charge on any atom is 0.253 e. The van der Waals surface area contributed by atoms with E-state index in [4.69, 9.17) is 9.47 Å². The van der Waals surface area contributed by atoms with Crippen molar-refractivity contribution >= 4 is 5.91 Å². The number of hydrogen-bond acceptors (Lipinski definition) is 4. The lowest BCUT2D eigenvalue weighted by Crippen LogP contribution is -2.45. The Morgan fingerprint density at radius 3 is 3.10 bits per heavy atom. The van der Waals surface area contributed by atoms with E-state index in [0.717, 1.165) is 5.69 Å². The molecule has 2 aromatic rings. The Morgan fingerprint density at radius 1 is 1.57 bits per heavy atom. The molecule has 2 aromatic heterocycles. The Labute approximate surface area is 122 Å². The molecular formula is C14H18N4O3. The summed E-state index contributed by atoms with van der Waals surface area (Å²) in [5.41, 5.74) is 1.48. The highest BCUT2D eigenvalue weighted by Crippen LogP contribution is 2.17. The monoisotopic (exact) mass is 290 g/mol. The molecule has 1 fully saturated rings. The minimum absolute atomic E-state index is 0.121. The zero-order valence-corrected chi connectivity index (χ0v) is 12.0. The average molecular weight is 290 g/mol. The van der Waals surface area contributed by atoms with Crippen LogP contribution in [0.4, 0.5) is 0 Å². The Bertz CT molecular complexity index is 634.